The zero-order valence-electron chi connectivity index (χ0n) is 15.5. The molecule has 0 radical (unpaired) electrons. The van der Waals surface area contributed by atoms with E-state index in [1.54, 1.807) is 35.2 Å². The van der Waals surface area contributed by atoms with Gasteiger partial charge in [0.05, 0.1) is 11.8 Å². The van der Waals surface area contributed by atoms with Gasteiger partial charge in [-0.15, -0.1) is 0 Å². The molecule has 2 aromatic heterocycles. The first kappa shape index (κ1) is 18.7. The lowest BCUT2D eigenvalue weighted by atomic mass is 10.2. The third kappa shape index (κ3) is 4.26. The maximum absolute atomic E-state index is 13.2. The molecular formula is C21H19FN4O3. The molecule has 0 atom stereocenters. The summed E-state index contributed by atoms with van der Waals surface area (Å²) in [7, 11) is 0. The van der Waals surface area contributed by atoms with E-state index in [-0.39, 0.29) is 11.8 Å². The van der Waals surface area contributed by atoms with Gasteiger partial charge in [-0.3, -0.25) is 9.59 Å². The number of nitrogens with one attached hydrogen (secondary N) is 1. The number of carbonyl (C=O) groups is 2. The normalized spacial score (nSPS) is 14.0. The molecule has 3 aromatic rings. The summed E-state index contributed by atoms with van der Waals surface area (Å²) in [4.78, 5) is 32.8. The molecule has 7 nitrogen and oxygen atoms in total. The number of carbonyl (C=O) groups excluding carboxylic acids is 2. The molecule has 4 rings (SSSR count). The molecule has 0 aliphatic carbocycles. The van der Waals surface area contributed by atoms with Crippen molar-refractivity contribution in [3.8, 4) is 0 Å². The Morgan fingerprint density at radius 3 is 2.52 bits per heavy atom. The molecule has 8 heteroatoms. The Morgan fingerprint density at radius 1 is 1.03 bits per heavy atom. The van der Waals surface area contributed by atoms with Crippen molar-refractivity contribution >= 4 is 23.3 Å². The molecule has 2 amide bonds. The van der Waals surface area contributed by atoms with Crippen molar-refractivity contribution in [1.82, 2.24) is 9.88 Å². The van der Waals surface area contributed by atoms with E-state index in [1.165, 1.54) is 30.7 Å². The van der Waals surface area contributed by atoms with Crippen molar-refractivity contribution < 1.29 is 18.4 Å². The molecule has 1 N–H and O–H groups in total. The summed E-state index contributed by atoms with van der Waals surface area (Å²) in [5, 5.41) is 2.64. The highest BCUT2D eigenvalue weighted by molar-refractivity contribution is 6.04. The Kier molecular flexibility index (Phi) is 5.24. The van der Waals surface area contributed by atoms with Crippen LogP contribution in [-0.2, 0) is 0 Å². The highest BCUT2D eigenvalue weighted by atomic mass is 19.1. The number of hydrogen-bond acceptors (Lipinski definition) is 5. The van der Waals surface area contributed by atoms with Gasteiger partial charge >= 0.3 is 0 Å². The first-order chi connectivity index (χ1) is 14.1. The van der Waals surface area contributed by atoms with E-state index < -0.39 is 5.82 Å². The van der Waals surface area contributed by atoms with Gasteiger partial charge in [-0.05, 0) is 42.5 Å². The largest absolute Gasteiger partial charge is 0.459 e. The molecule has 1 aliphatic heterocycles. The van der Waals surface area contributed by atoms with Gasteiger partial charge < -0.3 is 19.5 Å². The number of hydrogen-bond donors (Lipinski definition) is 1. The van der Waals surface area contributed by atoms with Crippen LogP contribution in [0, 0.1) is 5.82 Å². The van der Waals surface area contributed by atoms with Crippen molar-refractivity contribution in [3.63, 3.8) is 0 Å². The molecule has 3 heterocycles. The lowest BCUT2D eigenvalue weighted by molar-refractivity contribution is 0.0714. The molecule has 1 fully saturated rings. The summed E-state index contributed by atoms with van der Waals surface area (Å²) in [6, 6.07) is 12.5. The molecule has 0 spiro atoms. The van der Waals surface area contributed by atoms with Gasteiger partial charge in [-0.25, -0.2) is 9.37 Å². The maximum atomic E-state index is 13.2. The van der Waals surface area contributed by atoms with Crippen LogP contribution in [0.4, 0.5) is 15.9 Å². The number of nitrogens with zero attached hydrogens (tertiary/aromatic N) is 3. The van der Waals surface area contributed by atoms with Crippen molar-refractivity contribution in [2.24, 2.45) is 0 Å². The van der Waals surface area contributed by atoms with Crippen LogP contribution in [0.3, 0.4) is 0 Å². The van der Waals surface area contributed by atoms with Crippen LogP contribution in [0.2, 0.25) is 0 Å². The summed E-state index contributed by atoms with van der Waals surface area (Å²) < 4.78 is 18.4. The number of amides is 2. The van der Waals surface area contributed by atoms with Gasteiger partial charge in [0.2, 0.25) is 0 Å². The highest BCUT2D eigenvalue weighted by Crippen LogP contribution is 2.17. The number of piperazine rings is 1. The van der Waals surface area contributed by atoms with E-state index in [0.717, 1.165) is 5.82 Å². The third-order valence-electron chi connectivity index (χ3n) is 4.72. The van der Waals surface area contributed by atoms with Crippen LogP contribution >= 0.6 is 0 Å². The Hall–Kier alpha value is -3.68. The second kappa shape index (κ2) is 8.14. The zero-order valence-corrected chi connectivity index (χ0v) is 15.5. The van der Waals surface area contributed by atoms with E-state index in [0.29, 0.717) is 43.2 Å². The van der Waals surface area contributed by atoms with Crippen LogP contribution < -0.4 is 10.2 Å². The van der Waals surface area contributed by atoms with Crippen LogP contribution in [0.5, 0.6) is 0 Å². The summed E-state index contributed by atoms with van der Waals surface area (Å²) in [5.74, 6) is 0.180. The number of pyridine rings is 1. The van der Waals surface area contributed by atoms with Crippen molar-refractivity contribution in [2.45, 2.75) is 0 Å². The first-order valence-electron chi connectivity index (χ1n) is 9.21. The Labute approximate surface area is 166 Å². The summed E-state index contributed by atoms with van der Waals surface area (Å²) >= 11 is 0. The number of benzene rings is 1. The smallest absolute Gasteiger partial charge is 0.289 e. The fourth-order valence-corrected chi connectivity index (χ4v) is 3.17. The molecule has 0 unspecified atom stereocenters. The second-order valence-corrected chi connectivity index (χ2v) is 6.63. The lowest BCUT2D eigenvalue weighted by Gasteiger charge is -2.35. The summed E-state index contributed by atoms with van der Waals surface area (Å²) in [5.41, 5.74) is 0.765. The molecule has 0 saturated carbocycles. The van der Waals surface area contributed by atoms with E-state index in [4.69, 9.17) is 4.42 Å². The number of aromatic nitrogens is 1. The summed E-state index contributed by atoms with van der Waals surface area (Å²) in [6.45, 7) is 2.38. The third-order valence-corrected chi connectivity index (χ3v) is 4.72. The Balaban J connectivity index is 1.35. The average molecular weight is 394 g/mol. The fourth-order valence-electron chi connectivity index (χ4n) is 3.17. The standard InChI is InChI=1S/C21H19FN4O3/c22-16-3-1-4-17(13-16)24-20(27)15-6-7-19(23-14-15)25-8-10-26(11-9-25)21(28)18-5-2-12-29-18/h1-7,12-14H,8-11H2,(H,24,27). The van der Waals surface area contributed by atoms with Gasteiger partial charge in [0.1, 0.15) is 11.6 Å². The van der Waals surface area contributed by atoms with Crippen LogP contribution in [0.1, 0.15) is 20.9 Å². The molecule has 1 saturated heterocycles. The predicted octanol–water partition coefficient (Wildman–Crippen LogP) is 3.03. The van der Waals surface area contributed by atoms with E-state index >= 15 is 0 Å². The van der Waals surface area contributed by atoms with Gasteiger partial charge in [0.25, 0.3) is 11.8 Å². The lowest BCUT2D eigenvalue weighted by Crippen LogP contribution is -2.49. The summed E-state index contributed by atoms with van der Waals surface area (Å²) in [6.07, 6.45) is 2.98. The van der Waals surface area contributed by atoms with Crippen LogP contribution in [0.15, 0.2) is 65.4 Å². The predicted molar refractivity (Wildman–Crippen MR) is 105 cm³/mol. The molecule has 0 bridgehead atoms. The number of furan rings is 1. The second-order valence-electron chi connectivity index (χ2n) is 6.63. The monoisotopic (exact) mass is 394 g/mol. The van der Waals surface area contributed by atoms with Gasteiger partial charge in [-0.2, -0.15) is 0 Å². The molecule has 1 aromatic carbocycles. The minimum atomic E-state index is -0.416. The Bertz CT molecular complexity index is 997. The highest BCUT2D eigenvalue weighted by Gasteiger charge is 2.24. The first-order valence-corrected chi connectivity index (χ1v) is 9.21. The minimum absolute atomic E-state index is 0.119. The molecular weight excluding hydrogens is 375 g/mol. The average Bonchev–Trinajstić information content (AvgIpc) is 3.28. The van der Waals surface area contributed by atoms with E-state index in [1.807, 2.05) is 0 Å². The van der Waals surface area contributed by atoms with E-state index in [9.17, 15) is 14.0 Å². The number of anilines is 2. The zero-order chi connectivity index (χ0) is 20.2. The maximum Gasteiger partial charge on any atom is 0.289 e. The van der Waals surface area contributed by atoms with Crippen molar-refractivity contribution in [3.05, 3.63) is 78.1 Å². The van der Waals surface area contributed by atoms with Gasteiger partial charge in [-0.1, -0.05) is 6.07 Å². The quantitative estimate of drug-likeness (QED) is 0.736. The topological polar surface area (TPSA) is 78.7 Å². The fraction of sp³-hybridized carbons (Fsp3) is 0.190. The van der Waals surface area contributed by atoms with Crippen molar-refractivity contribution in [2.75, 3.05) is 36.4 Å². The van der Waals surface area contributed by atoms with Crippen molar-refractivity contribution in [1.29, 1.82) is 0 Å². The van der Waals surface area contributed by atoms with Crippen LogP contribution in [0.25, 0.3) is 0 Å². The van der Waals surface area contributed by atoms with Gasteiger partial charge in [0, 0.05) is 38.1 Å². The van der Waals surface area contributed by atoms with Gasteiger partial charge in [0.15, 0.2) is 5.76 Å². The molecule has 148 valence electrons. The molecule has 29 heavy (non-hydrogen) atoms. The SMILES string of the molecule is O=C(Nc1cccc(F)c1)c1ccc(N2CCN(C(=O)c3ccco3)CC2)nc1. The molecule has 1 aliphatic rings. The minimum Gasteiger partial charge on any atom is -0.459 e. The number of halogens is 1. The van der Waals surface area contributed by atoms with Crippen LogP contribution in [-0.4, -0.2) is 47.9 Å². The number of rotatable bonds is 4. The Morgan fingerprint density at radius 2 is 1.86 bits per heavy atom. The van der Waals surface area contributed by atoms with E-state index in [2.05, 4.69) is 15.2 Å².